The van der Waals surface area contributed by atoms with E-state index in [1.54, 1.807) is 23.4 Å². The number of hydrogen-bond donors (Lipinski definition) is 1. The zero-order valence-electron chi connectivity index (χ0n) is 15.7. The molecule has 0 aromatic heterocycles. The van der Waals surface area contributed by atoms with Crippen LogP contribution in [0.4, 0.5) is 5.69 Å². The Kier molecular flexibility index (Phi) is 5.13. The molecule has 0 spiro atoms. The van der Waals surface area contributed by atoms with Crippen molar-refractivity contribution >= 4 is 21.6 Å². The third kappa shape index (κ3) is 3.70. The van der Waals surface area contributed by atoms with Gasteiger partial charge in [0.15, 0.2) is 6.61 Å². The van der Waals surface area contributed by atoms with Crippen molar-refractivity contribution in [2.24, 2.45) is 0 Å². The van der Waals surface area contributed by atoms with Gasteiger partial charge in [0.05, 0.1) is 10.6 Å². The fraction of sp³-hybridized carbons (Fsp3) is 0.632. The number of piperidine rings is 2. The van der Waals surface area contributed by atoms with Crippen LogP contribution in [0.2, 0.25) is 0 Å². The number of benzene rings is 1. The largest absolute Gasteiger partial charge is 0.482 e. The highest BCUT2D eigenvalue weighted by atomic mass is 32.2. The highest BCUT2D eigenvalue weighted by molar-refractivity contribution is 7.89. The molecule has 1 aromatic carbocycles. The Morgan fingerprint density at radius 1 is 1.07 bits per heavy atom. The van der Waals surface area contributed by atoms with Crippen LogP contribution in [-0.2, 0) is 14.8 Å². The molecule has 1 amide bonds. The Morgan fingerprint density at radius 2 is 1.78 bits per heavy atom. The highest BCUT2D eigenvalue weighted by Crippen LogP contribution is 2.35. The van der Waals surface area contributed by atoms with Gasteiger partial charge in [0.1, 0.15) is 5.75 Å². The van der Waals surface area contributed by atoms with Gasteiger partial charge < -0.3 is 15.0 Å². The minimum absolute atomic E-state index is 0.0865. The molecular formula is C19H27N3O4S. The van der Waals surface area contributed by atoms with Gasteiger partial charge in [-0.1, -0.05) is 6.42 Å². The van der Waals surface area contributed by atoms with Crippen LogP contribution in [-0.4, -0.2) is 62.4 Å². The Morgan fingerprint density at radius 3 is 2.48 bits per heavy atom. The second kappa shape index (κ2) is 7.41. The lowest BCUT2D eigenvalue weighted by molar-refractivity contribution is -0.118. The molecule has 8 heteroatoms. The number of sulfonamides is 1. The normalized spacial score (nSPS) is 22.8. The summed E-state index contributed by atoms with van der Waals surface area (Å²) in [4.78, 5) is 14.3. The van der Waals surface area contributed by atoms with E-state index in [-0.39, 0.29) is 17.4 Å². The predicted octanol–water partition coefficient (Wildman–Crippen LogP) is 1.96. The summed E-state index contributed by atoms with van der Waals surface area (Å²) in [7, 11) is -3.57. The van der Waals surface area contributed by atoms with Crippen LogP contribution in [0.25, 0.3) is 0 Å². The summed E-state index contributed by atoms with van der Waals surface area (Å²) >= 11 is 0. The second-order valence-corrected chi connectivity index (χ2v) is 9.59. The number of hydrogen-bond acceptors (Lipinski definition) is 5. The van der Waals surface area contributed by atoms with E-state index in [2.05, 4.69) is 10.2 Å². The number of amides is 1. The SMILES string of the molecule is Cc1cc2c(cc1S(=O)(=O)N1CCC(N3CCCCC3)CC1)OCC(=O)N2. The van der Waals surface area contributed by atoms with Crippen LogP contribution in [0.3, 0.4) is 0 Å². The fourth-order valence-corrected chi connectivity index (χ4v) is 6.06. The Bertz CT molecular complexity index is 826. The first-order valence-corrected chi connectivity index (χ1v) is 11.2. The smallest absolute Gasteiger partial charge is 0.262 e. The molecule has 3 heterocycles. The number of anilines is 1. The van der Waals surface area contributed by atoms with Gasteiger partial charge in [-0.2, -0.15) is 4.31 Å². The van der Waals surface area contributed by atoms with Crippen LogP contribution >= 0.6 is 0 Å². The molecule has 0 saturated carbocycles. The minimum Gasteiger partial charge on any atom is -0.482 e. The van der Waals surface area contributed by atoms with Crippen molar-refractivity contribution in [1.82, 2.24) is 9.21 Å². The van der Waals surface area contributed by atoms with E-state index in [1.807, 2.05) is 0 Å². The van der Waals surface area contributed by atoms with Gasteiger partial charge in [-0.3, -0.25) is 4.79 Å². The van der Waals surface area contributed by atoms with Gasteiger partial charge in [-0.15, -0.1) is 0 Å². The summed E-state index contributed by atoms with van der Waals surface area (Å²) in [6, 6.07) is 3.73. The number of rotatable bonds is 3. The molecule has 0 atom stereocenters. The molecule has 27 heavy (non-hydrogen) atoms. The molecular weight excluding hydrogens is 366 g/mol. The molecule has 2 fully saturated rings. The molecule has 1 aromatic rings. The minimum atomic E-state index is -3.57. The first kappa shape index (κ1) is 18.7. The number of nitrogens with one attached hydrogen (secondary N) is 1. The van der Waals surface area contributed by atoms with Crippen LogP contribution < -0.4 is 10.1 Å². The summed E-state index contributed by atoms with van der Waals surface area (Å²) in [5, 5.41) is 2.72. The lowest BCUT2D eigenvalue weighted by atomic mass is 10.0. The van der Waals surface area contributed by atoms with Crippen LogP contribution in [0.15, 0.2) is 17.0 Å². The highest BCUT2D eigenvalue weighted by Gasteiger charge is 2.33. The second-order valence-electron chi connectivity index (χ2n) is 7.68. The number of carbonyl (C=O) groups excluding carboxylic acids is 1. The summed E-state index contributed by atoms with van der Waals surface area (Å²) in [5.41, 5.74) is 1.16. The predicted molar refractivity (Wildman–Crippen MR) is 103 cm³/mol. The van der Waals surface area contributed by atoms with E-state index >= 15 is 0 Å². The molecule has 4 rings (SSSR count). The lowest BCUT2D eigenvalue weighted by Crippen LogP contribution is -2.48. The molecule has 2 saturated heterocycles. The van der Waals surface area contributed by atoms with Gasteiger partial charge in [0.25, 0.3) is 5.91 Å². The Hall–Kier alpha value is -1.64. The standard InChI is InChI=1S/C19H27N3O4S/c1-14-11-16-17(26-13-19(23)20-16)12-18(14)27(24,25)22-9-5-15(6-10-22)21-7-3-2-4-8-21/h11-12,15H,2-10,13H2,1H3,(H,20,23). The zero-order chi connectivity index (χ0) is 19.0. The van der Waals surface area contributed by atoms with Crippen molar-refractivity contribution in [1.29, 1.82) is 0 Å². The molecule has 1 N–H and O–H groups in total. The van der Waals surface area contributed by atoms with E-state index in [4.69, 9.17) is 4.74 Å². The van der Waals surface area contributed by atoms with E-state index in [1.165, 1.54) is 19.3 Å². The van der Waals surface area contributed by atoms with Crippen molar-refractivity contribution in [3.8, 4) is 5.75 Å². The topological polar surface area (TPSA) is 79.0 Å². The van der Waals surface area contributed by atoms with E-state index in [9.17, 15) is 13.2 Å². The third-order valence-corrected chi connectivity index (χ3v) is 7.90. The van der Waals surface area contributed by atoms with Crippen molar-refractivity contribution in [3.05, 3.63) is 17.7 Å². The van der Waals surface area contributed by atoms with Crippen LogP contribution in [0.1, 0.15) is 37.7 Å². The molecule has 0 bridgehead atoms. The summed E-state index contributed by atoms with van der Waals surface area (Å²) in [5.74, 6) is 0.194. The number of ether oxygens (including phenoxy) is 1. The molecule has 0 radical (unpaired) electrons. The number of likely N-dealkylation sites (tertiary alicyclic amines) is 1. The number of nitrogens with zero attached hydrogens (tertiary/aromatic N) is 2. The quantitative estimate of drug-likeness (QED) is 0.849. The maximum absolute atomic E-state index is 13.2. The zero-order valence-corrected chi connectivity index (χ0v) is 16.6. The number of carbonyl (C=O) groups is 1. The molecule has 3 aliphatic heterocycles. The number of fused-ring (bicyclic) bond motifs is 1. The average molecular weight is 394 g/mol. The van der Waals surface area contributed by atoms with Gasteiger partial charge in [0, 0.05) is 25.2 Å². The molecule has 0 unspecified atom stereocenters. The monoisotopic (exact) mass is 393 g/mol. The van der Waals surface area contributed by atoms with E-state index in [0.29, 0.717) is 36.1 Å². The Labute approximate surface area is 160 Å². The van der Waals surface area contributed by atoms with Crippen LogP contribution in [0.5, 0.6) is 5.75 Å². The maximum Gasteiger partial charge on any atom is 0.262 e. The van der Waals surface area contributed by atoms with Crippen molar-refractivity contribution in [2.75, 3.05) is 38.1 Å². The molecule has 3 aliphatic rings. The summed E-state index contributed by atoms with van der Waals surface area (Å²) in [6.07, 6.45) is 5.59. The molecule has 148 valence electrons. The van der Waals surface area contributed by atoms with Gasteiger partial charge in [-0.05, 0) is 57.3 Å². The average Bonchev–Trinajstić information content (AvgIpc) is 2.68. The lowest BCUT2D eigenvalue weighted by Gasteiger charge is -2.39. The fourth-order valence-electron chi connectivity index (χ4n) is 4.36. The van der Waals surface area contributed by atoms with Gasteiger partial charge in [-0.25, -0.2) is 8.42 Å². The summed E-state index contributed by atoms with van der Waals surface area (Å²) in [6.45, 7) is 5.06. The van der Waals surface area contributed by atoms with Crippen molar-refractivity contribution in [2.45, 2.75) is 50.0 Å². The number of aryl methyl sites for hydroxylation is 1. The van der Waals surface area contributed by atoms with Crippen LogP contribution in [0, 0.1) is 6.92 Å². The van der Waals surface area contributed by atoms with E-state index < -0.39 is 10.0 Å². The van der Waals surface area contributed by atoms with Gasteiger partial charge in [0.2, 0.25) is 10.0 Å². The van der Waals surface area contributed by atoms with E-state index in [0.717, 1.165) is 25.9 Å². The van der Waals surface area contributed by atoms with Crippen molar-refractivity contribution < 1.29 is 17.9 Å². The first-order valence-electron chi connectivity index (χ1n) is 9.76. The Balaban J connectivity index is 1.50. The first-order chi connectivity index (χ1) is 12.9. The maximum atomic E-state index is 13.2. The molecule has 7 nitrogen and oxygen atoms in total. The molecule has 0 aliphatic carbocycles. The third-order valence-electron chi connectivity index (χ3n) is 5.86. The van der Waals surface area contributed by atoms with Crippen molar-refractivity contribution in [3.63, 3.8) is 0 Å². The summed E-state index contributed by atoms with van der Waals surface area (Å²) < 4.78 is 33.4. The van der Waals surface area contributed by atoms with Gasteiger partial charge >= 0.3 is 0 Å².